The SMILES string of the molecule is CCCN1c2cc(C)c(/C=C3/SC(=O)N(Cc4ccc(Br)cc4)C3=O)cc2C(C)=CC1(C)C. The minimum atomic E-state index is -0.231. The Hall–Kier alpha value is -2.31. The number of aryl methyl sites for hydroxylation is 1. The Morgan fingerprint density at radius 3 is 2.45 bits per heavy atom. The molecule has 0 bridgehead atoms. The molecule has 2 aromatic carbocycles. The molecule has 0 N–H and O–H groups in total. The van der Waals surface area contributed by atoms with Crippen molar-refractivity contribution < 1.29 is 9.59 Å². The summed E-state index contributed by atoms with van der Waals surface area (Å²) in [5.74, 6) is -0.231. The molecule has 2 aliphatic heterocycles. The van der Waals surface area contributed by atoms with Crippen LogP contribution in [0.5, 0.6) is 0 Å². The van der Waals surface area contributed by atoms with Gasteiger partial charge in [-0.25, -0.2) is 0 Å². The van der Waals surface area contributed by atoms with Crippen LogP contribution in [-0.4, -0.2) is 28.1 Å². The molecule has 2 amide bonds. The third kappa shape index (κ3) is 4.69. The molecule has 172 valence electrons. The molecule has 1 fully saturated rings. The summed E-state index contributed by atoms with van der Waals surface area (Å²) in [5, 5.41) is -0.225. The molecular weight excluding hydrogens is 496 g/mol. The zero-order valence-corrected chi connectivity index (χ0v) is 22.1. The van der Waals surface area contributed by atoms with Crippen LogP contribution in [-0.2, 0) is 11.3 Å². The highest BCUT2D eigenvalue weighted by Crippen LogP contribution is 2.41. The molecule has 6 heteroatoms. The van der Waals surface area contributed by atoms with Crippen molar-refractivity contribution in [2.75, 3.05) is 11.4 Å². The number of benzene rings is 2. The Bertz CT molecular complexity index is 1180. The lowest BCUT2D eigenvalue weighted by Gasteiger charge is -2.43. The lowest BCUT2D eigenvalue weighted by Crippen LogP contribution is -2.45. The van der Waals surface area contributed by atoms with Crippen molar-refractivity contribution in [2.24, 2.45) is 0 Å². The first-order valence-electron chi connectivity index (χ1n) is 11.2. The number of hydrogen-bond acceptors (Lipinski definition) is 4. The van der Waals surface area contributed by atoms with E-state index in [0.717, 1.165) is 45.9 Å². The van der Waals surface area contributed by atoms with E-state index in [0.29, 0.717) is 4.91 Å². The molecule has 4 nitrogen and oxygen atoms in total. The van der Waals surface area contributed by atoms with E-state index in [1.807, 2.05) is 30.3 Å². The number of allylic oxidation sites excluding steroid dienone is 1. The first-order chi connectivity index (χ1) is 15.6. The fourth-order valence-corrected chi connectivity index (χ4v) is 5.68. The summed E-state index contributed by atoms with van der Waals surface area (Å²) in [6, 6.07) is 12.1. The maximum absolute atomic E-state index is 13.1. The number of thioether (sulfide) groups is 1. The highest BCUT2D eigenvalue weighted by atomic mass is 79.9. The summed E-state index contributed by atoms with van der Waals surface area (Å²) < 4.78 is 0.966. The Morgan fingerprint density at radius 1 is 1.09 bits per heavy atom. The van der Waals surface area contributed by atoms with Gasteiger partial charge in [-0.05, 0) is 98.5 Å². The second kappa shape index (κ2) is 9.15. The average molecular weight is 526 g/mol. The second-order valence-electron chi connectivity index (χ2n) is 9.25. The number of hydrogen-bond donors (Lipinski definition) is 0. The zero-order valence-electron chi connectivity index (χ0n) is 19.7. The molecule has 2 aliphatic rings. The van der Waals surface area contributed by atoms with Crippen molar-refractivity contribution in [3.05, 3.63) is 74.1 Å². The van der Waals surface area contributed by atoms with Crippen LogP contribution < -0.4 is 4.90 Å². The molecule has 0 atom stereocenters. The highest BCUT2D eigenvalue weighted by Gasteiger charge is 2.35. The van der Waals surface area contributed by atoms with Gasteiger partial charge in [0.25, 0.3) is 11.1 Å². The van der Waals surface area contributed by atoms with E-state index >= 15 is 0 Å². The quantitative estimate of drug-likeness (QED) is 0.382. The van der Waals surface area contributed by atoms with Crippen molar-refractivity contribution in [3.63, 3.8) is 0 Å². The van der Waals surface area contributed by atoms with Crippen LogP contribution in [0.2, 0.25) is 0 Å². The number of nitrogens with zero attached hydrogens (tertiary/aromatic N) is 2. The Balaban J connectivity index is 1.66. The maximum atomic E-state index is 13.1. The smallest absolute Gasteiger partial charge is 0.293 e. The monoisotopic (exact) mass is 524 g/mol. The van der Waals surface area contributed by atoms with Gasteiger partial charge in [-0.15, -0.1) is 0 Å². The molecule has 2 aromatic rings. The van der Waals surface area contributed by atoms with Crippen LogP contribution in [0.25, 0.3) is 11.6 Å². The third-order valence-electron chi connectivity index (χ3n) is 6.23. The van der Waals surface area contributed by atoms with Crippen LogP contribution in [0.3, 0.4) is 0 Å². The molecule has 4 rings (SSSR count). The summed E-state index contributed by atoms with van der Waals surface area (Å²) in [7, 11) is 0. The Kier molecular flexibility index (Phi) is 6.61. The van der Waals surface area contributed by atoms with E-state index in [2.05, 4.69) is 73.7 Å². The van der Waals surface area contributed by atoms with Gasteiger partial charge in [0.05, 0.1) is 17.0 Å². The fourth-order valence-electron chi connectivity index (χ4n) is 4.58. The first-order valence-corrected chi connectivity index (χ1v) is 12.8. The summed E-state index contributed by atoms with van der Waals surface area (Å²) in [5.41, 5.74) is 6.61. The number of anilines is 1. The van der Waals surface area contributed by atoms with E-state index < -0.39 is 0 Å². The lowest BCUT2D eigenvalue weighted by molar-refractivity contribution is -0.123. The fraction of sp³-hybridized carbons (Fsp3) is 0.333. The van der Waals surface area contributed by atoms with E-state index in [1.165, 1.54) is 21.7 Å². The van der Waals surface area contributed by atoms with Gasteiger partial charge in [0.15, 0.2) is 0 Å². The molecule has 0 saturated carbocycles. The molecule has 0 aromatic heterocycles. The van der Waals surface area contributed by atoms with Crippen LogP contribution in [0, 0.1) is 6.92 Å². The van der Waals surface area contributed by atoms with Gasteiger partial charge in [0.1, 0.15) is 0 Å². The minimum Gasteiger partial charge on any atom is -0.362 e. The standard InChI is InChI=1S/C27H29BrN2O2S/c1-6-11-30-23-12-17(2)20(13-22(23)18(3)15-27(30,4)5)14-24-25(31)29(26(32)33-24)16-19-7-9-21(28)10-8-19/h7-10,12-15H,6,11,16H2,1-5H3/b24-14+. The summed E-state index contributed by atoms with van der Waals surface area (Å²) in [6.45, 7) is 12.2. The zero-order chi connectivity index (χ0) is 23.9. The highest BCUT2D eigenvalue weighted by molar-refractivity contribution is 9.10. The van der Waals surface area contributed by atoms with Crippen molar-refractivity contribution in [3.8, 4) is 0 Å². The van der Waals surface area contributed by atoms with Gasteiger partial charge < -0.3 is 4.90 Å². The summed E-state index contributed by atoms with van der Waals surface area (Å²) in [4.78, 5) is 29.9. The van der Waals surface area contributed by atoms with Crippen LogP contribution in [0.15, 0.2) is 51.9 Å². The number of carbonyl (C=O) groups is 2. The number of imide groups is 1. The second-order valence-corrected chi connectivity index (χ2v) is 11.2. The summed E-state index contributed by atoms with van der Waals surface area (Å²) in [6.07, 6.45) is 5.26. The van der Waals surface area contributed by atoms with Gasteiger partial charge >= 0.3 is 0 Å². The molecule has 33 heavy (non-hydrogen) atoms. The van der Waals surface area contributed by atoms with E-state index in [4.69, 9.17) is 0 Å². The number of rotatable bonds is 5. The predicted octanol–water partition coefficient (Wildman–Crippen LogP) is 7.41. The lowest BCUT2D eigenvalue weighted by atomic mass is 9.86. The molecule has 0 unspecified atom stereocenters. The average Bonchev–Trinajstić information content (AvgIpc) is 3.00. The van der Waals surface area contributed by atoms with Crippen molar-refractivity contribution >= 4 is 56.2 Å². The van der Waals surface area contributed by atoms with Gasteiger partial charge in [-0.1, -0.05) is 41.1 Å². The van der Waals surface area contributed by atoms with Gasteiger partial charge in [0, 0.05) is 22.3 Å². The Morgan fingerprint density at radius 2 is 1.79 bits per heavy atom. The minimum absolute atomic E-state index is 0.0449. The largest absolute Gasteiger partial charge is 0.362 e. The van der Waals surface area contributed by atoms with Gasteiger partial charge in [-0.3, -0.25) is 14.5 Å². The first kappa shape index (κ1) is 23.8. The van der Waals surface area contributed by atoms with E-state index in [9.17, 15) is 9.59 Å². The number of fused-ring (bicyclic) bond motifs is 1. The molecule has 1 saturated heterocycles. The van der Waals surface area contributed by atoms with Crippen molar-refractivity contribution in [1.29, 1.82) is 0 Å². The topological polar surface area (TPSA) is 40.6 Å². The van der Waals surface area contributed by atoms with Crippen molar-refractivity contribution in [2.45, 2.75) is 53.1 Å². The van der Waals surface area contributed by atoms with E-state index in [1.54, 1.807) is 0 Å². The van der Waals surface area contributed by atoms with Crippen LogP contribution in [0.4, 0.5) is 10.5 Å². The van der Waals surface area contributed by atoms with E-state index in [-0.39, 0.29) is 23.2 Å². The van der Waals surface area contributed by atoms with Crippen LogP contribution in [0.1, 0.15) is 56.4 Å². The normalized spacial score (nSPS) is 18.7. The molecule has 0 radical (unpaired) electrons. The Labute approximate surface area is 208 Å². The number of carbonyl (C=O) groups excluding carboxylic acids is 2. The van der Waals surface area contributed by atoms with Gasteiger partial charge in [0.2, 0.25) is 0 Å². The molecule has 2 heterocycles. The van der Waals surface area contributed by atoms with Crippen LogP contribution >= 0.6 is 27.7 Å². The predicted molar refractivity (Wildman–Crippen MR) is 142 cm³/mol. The van der Waals surface area contributed by atoms with Gasteiger partial charge in [-0.2, -0.15) is 0 Å². The summed E-state index contributed by atoms with van der Waals surface area (Å²) >= 11 is 4.43. The molecule has 0 aliphatic carbocycles. The number of amides is 2. The number of halogens is 1. The third-order valence-corrected chi connectivity index (χ3v) is 7.66. The van der Waals surface area contributed by atoms with Crippen molar-refractivity contribution in [1.82, 2.24) is 4.90 Å². The molecular formula is C27H29BrN2O2S. The molecule has 0 spiro atoms. The maximum Gasteiger partial charge on any atom is 0.293 e.